The Kier molecular flexibility index (Phi) is 9.73. The van der Waals surface area contributed by atoms with E-state index in [0.29, 0.717) is 22.8 Å². The lowest BCUT2D eigenvalue weighted by molar-refractivity contribution is -0.139. The summed E-state index contributed by atoms with van der Waals surface area (Å²) in [7, 11) is -3.78. The maximum atomic E-state index is 13.4. The highest BCUT2D eigenvalue weighted by atomic mass is 35.5. The van der Waals surface area contributed by atoms with Gasteiger partial charge in [0.05, 0.1) is 11.9 Å². The summed E-state index contributed by atoms with van der Waals surface area (Å²) in [6.07, 6.45) is 2.82. The molecule has 1 N–H and O–H groups in total. The van der Waals surface area contributed by atoms with Crippen LogP contribution in [0.1, 0.15) is 37.8 Å². The minimum Gasteiger partial charge on any atom is -0.354 e. The molecule has 2 aromatic carbocycles. The fourth-order valence-corrected chi connectivity index (χ4v) is 4.53. The second-order valence-electron chi connectivity index (χ2n) is 8.03. The fraction of sp³-hybridized carbons (Fsp3) is 0.417. The van der Waals surface area contributed by atoms with E-state index in [4.69, 9.17) is 11.6 Å². The quantitative estimate of drug-likeness (QED) is 0.483. The maximum Gasteiger partial charge on any atom is 0.244 e. The topological polar surface area (TPSA) is 86.8 Å². The molecule has 0 fully saturated rings. The summed E-state index contributed by atoms with van der Waals surface area (Å²) in [6, 6.07) is 13.3. The number of hydrogen-bond donors (Lipinski definition) is 1. The summed E-state index contributed by atoms with van der Waals surface area (Å²) in [5.74, 6) is -0.752. The predicted octanol–water partition coefficient (Wildman–Crippen LogP) is 3.75. The molecule has 7 nitrogen and oxygen atoms in total. The van der Waals surface area contributed by atoms with Crippen molar-refractivity contribution in [2.24, 2.45) is 0 Å². The molecule has 0 radical (unpaired) electrons. The van der Waals surface area contributed by atoms with E-state index in [-0.39, 0.29) is 12.5 Å². The van der Waals surface area contributed by atoms with E-state index in [1.807, 2.05) is 37.3 Å². The molecular weight excluding hydrogens is 462 g/mol. The van der Waals surface area contributed by atoms with Crippen molar-refractivity contribution in [3.05, 3.63) is 64.7 Å². The van der Waals surface area contributed by atoms with Gasteiger partial charge in [0.1, 0.15) is 12.6 Å². The first-order valence-electron chi connectivity index (χ1n) is 10.9. The van der Waals surface area contributed by atoms with Gasteiger partial charge in [0.25, 0.3) is 0 Å². The lowest BCUT2D eigenvalue weighted by Crippen LogP contribution is -2.51. The average molecular weight is 494 g/mol. The van der Waals surface area contributed by atoms with Crippen molar-refractivity contribution in [2.45, 2.75) is 46.2 Å². The van der Waals surface area contributed by atoms with Crippen molar-refractivity contribution in [2.75, 3.05) is 23.7 Å². The summed E-state index contributed by atoms with van der Waals surface area (Å²) < 4.78 is 26.3. The standard InChI is InChI=1S/C24H32ClN3O4S/c1-5-6-14-26-24(30)19(3)27(16-20-10-8-7-9-11-20)23(29)17-28(33(4,31)32)22-13-12-21(25)15-18(22)2/h7-13,15,19H,5-6,14,16-17H2,1-4H3,(H,26,30)/t19-/m1/s1. The Balaban J connectivity index is 2.35. The summed E-state index contributed by atoms with van der Waals surface area (Å²) >= 11 is 6.02. The molecule has 0 aliphatic rings. The van der Waals surface area contributed by atoms with Gasteiger partial charge in [0.15, 0.2) is 0 Å². The molecular formula is C24H32ClN3O4S. The molecule has 9 heteroatoms. The van der Waals surface area contributed by atoms with E-state index in [1.54, 1.807) is 32.0 Å². The molecule has 1 atom stereocenters. The summed E-state index contributed by atoms with van der Waals surface area (Å²) in [5, 5.41) is 3.33. The van der Waals surface area contributed by atoms with E-state index in [1.165, 1.54) is 4.90 Å². The molecule has 33 heavy (non-hydrogen) atoms. The van der Waals surface area contributed by atoms with Gasteiger partial charge in [0, 0.05) is 18.1 Å². The number of carbonyl (C=O) groups excluding carboxylic acids is 2. The van der Waals surface area contributed by atoms with Gasteiger partial charge in [-0.25, -0.2) is 8.42 Å². The van der Waals surface area contributed by atoms with Gasteiger partial charge in [-0.1, -0.05) is 55.3 Å². The molecule has 0 saturated heterocycles. The first-order valence-corrected chi connectivity index (χ1v) is 13.1. The third-order valence-corrected chi connectivity index (χ3v) is 6.66. The molecule has 2 aromatic rings. The Morgan fingerprint density at radius 1 is 1.12 bits per heavy atom. The molecule has 2 amide bonds. The summed E-state index contributed by atoms with van der Waals surface area (Å²) in [6.45, 7) is 5.68. The SMILES string of the molecule is CCCCNC(=O)[C@@H](C)N(Cc1ccccc1)C(=O)CN(c1ccc(Cl)cc1C)S(C)(=O)=O. The Bertz CT molecular complexity index is 1060. The minimum atomic E-state index is -3.78. The maximum absolute atomic E-state index is 13.4. The number of benzene rings is 2. The Labute approximate surface area is 201 Å². The highest BCUT2D eigenvalue weighted by molar-refractivity contribution is 7.92. The van der Waals surface area contributed by atoms with Crippen LogP contribution < -0.4 is 9.62 Å². The van der Waals surface area contributed by atoms with Gasteiger partial charge in [-0.05, 0) is 49.6 Å². The first-order chi connectivity index (χ1) is 15.5. The van der Waals surface area contributed by atoms with Crippen LogP contribution in [0.25, 0.3) is 0 Å². The van der Waals surface area contributed by atoms with Crippen LogP contribution in [0, 0.1) is 6.92 Å². The van der Waals surface area contributed by atoms with Crippen molar-refractivity contribution >= 4 is 39.1 Å². The first kappa shape index (κ1) is 26.7. The van der Waals surface area contributed by atoms with Gasteiger partial charge in [0.2, 0.25) is 21.8 Å². The molecule has 0 heterocycles. The largest absolute Gasteiger partial charge is 0.354 e. The van der Waals surface area contributed by atoms with Crippen LogP contribution >= 0.6 is 11.6 Å². The van der Waals surface area contributed by atoms with Crippen molar-refractivity contribution in [3.8, 4) is 0 Å². The van der Waals surface area contributed by atoms with Gasteiger partial charge in [-0.2, -0.15) is 0 Å². The van der Waals surface area contributed by atoms with E-state index in [9.17, 15) is 18.0 Å². The summed E-state index contributed by atoms with van der Waals surface area (Å²) in [4.78, 5) is 27.6. The molecule has 0 bridgehead atoms. The Morgan fingerprint density at radius 3 is 2.36 bits per heavy atom. The van der Waals surface area contributed by atoms with Gasteiger partial charge < -0.3 is 10.2 Å². The Hall–Kier alpha value is -2.58. The predicted molar refractivity (Wildman–Crippen MR) is 133 cm³/mol. The molecule has 2 rings (SSSR count). The number of aryl methyl sites for hydroxylation is 1. The van der Waals surface area contributed by atoms with E-state index in [0.717, 1.165) is 29.0 Å². The lowest BCUT2D eigenvalue weighted by Gasteiger charge is -2.32. The van der Waals surface area contributed by atoms with Gasteiger partial charge >= 0.3 is 0 Å². The van der Waals surface area contributed by atoms with Gasteiger partial charge in [-0.3, -0.25) is 13.9 Å². The molecule has 0 saturated carbocycles. The zero-order valence-electron chi connectivity index (χ0n) is 19.5. The number of carbonyl (C=O) groups is 2. The van der Waals surface area contributed by atoms with Crippen molar-refractivity contribution < 1.29 is 18.0 Å². The number of hydrogen-bond acceptors (Lipinski definition) is 4. The molecule has 0 aliphatic heterocycles. The number of anilines is 1. The molecule has 180 valence electrons. The van der Waals surface area contributed by atoms with Crippen LogP contribution in [0.3, 0.4) is 0 Å². The van der Waals surface area contributed by atoms with Crippen molar-refractivity contribution in [1.82, 2.24) is 10.2 Å². The normalized spacial score (nSPS) is 12.2. The number of rotatable bonds is 11. The van der Waals surface area contributed by atoms with E-state index >= 15 is 0 Å². The third-order valence-electron chi connectivity index (χ3n) is 5.30. The zero-order valence-corrected chi connectivity index (χ0v) is 21.1. The number of halogens is 1. The monoisotopic (exact) mass is 493 g/mol. The number of amides is 2. The van der Waals surface area contributed by atoms with Crippen LogP contribution in [0.15, 0.2) is 48.5 Å². The van der Waals surface area contributed by atoms with Crippen LogP contribution in [0.2, 0.25) is 5.02 Å². The number of sulfonamides is 1. The van der Waals surface area contributed by atoms with Crippen LogP contribution in [0.5, 0.6) is 0 Å². The van der Waals surface area contributed by atoms with Crippen LogP contribution in [-0.4, -0.2) is 50.5 Å². The van der Waals surface area contributed by atoms with Crippen LogP contribution in [0.4, 0.5) is 5.69 Å². The highest BCUT2D eigenvalue weighted by Crippen LogP contribution is 2.26. The number of unbranched alkanes of at least 4 members (excludes halogenated alkanes) is 1. The van der Waals surface area contributed by atoms with Crippen LogP contribution in [-0.2, 0) is 26.2 Å². The second kappa shape index (κ2) is 12.0. The lowest BCUT2D eigenvalue weighted by atomic mass is 10.1. The third kappa shape index (κ3) is 7.75. The van der Waals surface area contributed by atoms with Gasteiger partial charge in [-0.15, -0.1) is 0 Å². The van der Waals surface area contributed by atoms with E-state index in [2.05, 4.69) is 5.32 Å². The van der Waals surface area contributed by atoms with E-state index < -0.39 is 28.5 Å². The highest BCUT2D eigenvalue weighted by Gasteiger charge is 2.30. The Morgan fingerprint density at radius 2 is 1.79 bits per heavy atom. The zero-order chi connectivity index (χ0) is 24.6. The molecule has 0 unspecified atom stereocenters. The molecule has 0 aliphatic carbocycles. The minimum absolute atomic E-state index is 0.180. The molecule has 0 spiro atoms. The smallest absolute Gasteiger partial charge is 0.244 e. The fourth-order valence-electron chi connectivity index (χ4n) is 3.39. The second-order valence-corrected chi connectivity index (χ2v) is 10.4. The summed E-state index contributed by atoms with van der Waals surface area (Å²) in [5.41, 5.74) is 1.84. The van der Waals surface area contributed by atoms with Crippen molar-refractivity contribution in [1.29, 1.82) is 0 Å². The number of nitrogens with zero attached hydrogens (tertiary/aromatic N) is 2. The number of nitrogens with one attached hydrogen (secondary N) is 1. The van der Waals surface area contributed by atoms with Crippen molar-refractivity contribution in [3.63, 3.8) is 0 Å². The molecule has 0 aromatic heterocycles. The average Bonchev–Trinajstić information content (AvgIpc) is 2.75.